The molecular formula is C5H13NO9P2. The fourth-order valence-corrected chi connectivity index (χ4v) is 3.79. The number of carboxylic acid groups (broad SMARTS) is 1. The first-order valence-electron chi connectivity index (χ1n) is 4.17. The third-order valence-electron chi connectivity index (χ3n) is 1.88. The molecule has 0 fully saturated rings. The molecular weight excluding hydrogens is 280 g/mol. The number of hydrogen-bond acceptors (Lipinski definition) is 5. The predicted molar refractivity (Wildman–Crippen MR) is 54.2 cm³/mol. The second-order valence-corrected chi connectivity index (χ2v) is 7.18. The van der Waals surface area contributed by atoms with Gasteiger partial charge < -0.3 is 29.8 Å². The summed E-state index contributed by atoms with van der Waals surface area (Å²) in [6, 6.07) is 0. The van der Waals surface area contributed by atoms with Crippen LogP contribution in [0.4, 0.5) is 0 Å². The zero-order valence-electron chi connectivity index (χ0n) is 8.42. The highest BCUT2D eigenvalue weighted by molar-refractivity contribution is 7.72. The highest BCUT2D eigenvalue weighted by Gasteiger charge is 2.61. The van der Waals surface area contributed by atoms with Gasteiger partial charge in [0.15, 0.2) is 0 Å². The van der Waals surface area contributed by atoms with E-state index in [1.165, 1.54) is 0 Å². The molecule has 0 aromatic rings. The van der Waals surface area contributed by atoms with Gasteiger partial charge in [0.25, 0.3) is 0 Å². The van der Waals surface area contributed by atoms with Crippen molar-refractivity contribution in [1.82, 2.24) is 5.32 Å². The number of aliphatic hydroxyl groups is 1. The summed E-state index contributed by atoms with van der Waals surface area (Å²) >= 11 is 0. The van der Waals surface area contributed by atoms with Gasteiger partial charge in [-0.25, -0.2) is 0 Å². The highest BCUT2D eigenvalue weighted by atomic mass is 31.2. The second kappa shape index (κ2) is 5.55. The Morgan fingerprint density at radius 2 is 1.53 bits per heavy atom. The fourth-order valence-electron chi connectivity index (χ4n) is 1.11. The largest absolute Gasteiger partial charge is 0.481 e. The van der Waals surface area contributed by atoms with E-state index in [1.54, 1.807) is 5.32 Å². The van der Waals surface area contributed by atoms with E-state index in [1.807, 2.05) is 0 Å². The zero-order chi connectivity index (χ0) is 13.9. The number of nitrogens with one attached hydrogen (secondary N) is 1. The van der Waals surface area contributed by atoms with Crippen molar-refractivity contribution < 1.29 is 43.7 Å². The number of aliphatic carboxylic acids is 1. The molecule has 0 aromatic carbocycles. The third kappa shape index (κ3) is 3.84. The molecule has 0 amide bonds. The van der Waals surface area contributed by atoms with Gasteiger partial charge in [0, 0.05) is 6.54 Å². The zero-order valence-corrected chi connectivity index (χ0v) is 10.2. The molecule has 0 rings (SSSR count). The SMILES string of the molecule is O=C(O)CC(NCCO)(P(=O)(O)O)P(=O)(O)O. The van der Waals surface area contributed by atoms with E-state index in [0.717, 1.165) is 0 Å². The first kappa shape index (κ1) is 16.7. The molecule has 0 aliphatic rings. The van der Waals surface area contributed by atoms with Gasteiger partial charge in [-0.1, -0.05) is 0 Å². The van der Waals surface area contributed by atoms with E-state index < -0.39 is 45.8 Å². The van der Waals surface area contributed by atoms with Crippen LogP contribution in [0, 0.1) is 0 Å². The summed E-state index contributed by atoms with van der Waals surface area (Å²) in [5.74, 6) is -1.80. The van der Waals surface area contributed by atoms with Crippen LogP contribution < -0.4 is 5.32 Å². The quantitative estimate of drug-likeness (QED) is 0.260. The van der Waals surface area contributed by atoms with E-state index >= 15 is 0 Å². The summed E-state index contributed by atoms with van der Waals surface area (Å²) in [4.78, 5) is 46.3. The highest BCUT2D eigenvalue weighted by Crippen LogP contribution is 2.68. The van der Waals surface area contributed by atoms with Crippen molar-refractivity contribution in [2.24, 2.45) is 0 Å². The lowest BCUT2D eigenvalue weighted by atomic mass is 10.4. The predicted octanol–water partition coefficient (Wildman–Crippen LogP) is -1.95. The average molecular weight is 293 g/mol. The Balaban J connectivity index is 5.63. The van der Waals surface area contributed by atoms with Gasteiger partial charge >= 0.3 is 21.2 Å². The van der Waals surface area contributed by atoms with Crippen LogP contribution in [0.15, 0.2) is 0 Å². The topological polar surface area (TPSA) is 185 Å². The van der Waals surface area contributed by atoms with E-state index in [4.69, 9.17) is 29.8 Å². The maximum Gasteiger partial charge on any atom is 0.358 e. The smallest absolute Gasteiger partial charge is 0.358 e. The Kier molecular flexibility index (Phi) is 5.45. The van der Waals surface area contributed by atoms with E-state index in [9.17, 15) is 13.9 Å². The van der Waals surface area contributed by atoms with Crippen molar-refractivity contribution in [1.29, 1.82) is 0 Å². The van der Waals surface area contributed by atoms with Crippen molar-refractivity contribution in [3.63, 3.8) is 0 Å². The van der Waals surface area contributed by atoms with Crippen molar-refractivity contribution in [3.8, 4) is 0 Å². The van der Waals surface area contributed by atoms with Crippen LogP contribution in [0.1, 0.15) is 6.42 Å². The van der Waals surface area contributed by atoms with Crippen LogP contribution in [0.3, 0.4) is 0 Å². The number of rotatable bonds is 7. The van der Waals surface area contributed by atoms with Crippen molar-refractivity contribution >= 4 is 21.2 Å². The lowest BCUT2D eigenvalue weighted by Gasteiger charge is -2.33. The van der Waals surface area contributed by atoms with Crippen LogP contribution in [-0.4, -0.2) is 53.9 Å². The molecule has 0 unspecified atom stereocenters. The molecule has 0 saturated heterocycles. The minimum Gasteiger partial charge on any atom is -0.481 e. The summed E-state index contributed by atoms with van der Waals surface area (Å²) in [7, 11) is -11.0. The summed E-state index contributed by atoms with van der Waals surface area (Å²) in [5.41, 5.74) is 0. The Bertz CT molecular complexity index is 348. The van der Waals surface area contributed by atoms with E-state index in [2.05, 4.69) is 0 Å². The Morgan fingerprint density at radius 3 is 1.76 bits per heavy atom. The monoisotopic (exact) mass is 293 g/mol. The molecule has 102 valence electrons. The van der Waals surface area contributed by atoms with Crippen LogP contribution in [0.5, 0.6) is 0 Å². The molecule has 7 N–H and O–H groups in total. The van der Waals surface area contributed by atoms with E-state index in [-0.39, 0.29) is 0 Å². The van der Waals surface area contributed by atoms with E-state index in [0.29, 0.717) is 0 Å². The Morgan fingerprint density at radius 1 is 1.12 bits per heavy atom. The fraction of sp³-hybridized carbons (Fsp3) is 0.800. The molecule has 0 saturated carbocycles. The first-order valence-corrected chi connectivity index (χ1v) is 7.39. The molecule has 0 radical (unpaired) electrons. The molecule has 0 spiro atoms. The van der Waals surface area contributed by atoms with Gasteiger partial charge in [-0.05, 0) is 0 Å². The molecule has 12 heteroatoms. The molecule has 0 atom stereocenters. The number of carbonyl (C=O) groups is 1. The third-order valence-corrected chi connectivity index (χ3v) is 6.00. The van der Waals surface area contributed by atoms with Crippen molar-refractivity contribution in [2.75, 3.05) is 13.2 Å². The van der Waals surface area contributed by atoms with Gasteiger partial charge in [-0.2, -0.15) is 0 Å². The minimum absolute atomic E-state index is 0.580. The van der Waals surface area contributed by atoms with Crippen LogP contribution in [0.25, 0.3) is 0 Å². The molecule has 0 aliphatic carbocycles. The Labute approximate surface area is 95.6 Å². The maximum absolute atomic E-state index is 11.1. The van der Waals surface area contributed by atoms with Crippen LogP contribution >= 0.6 is 15.2 Å². The summed E-state index contributed by atoms with van der Waals surface area (Å²) < 4.78 is 22.3. The Hall–Kier alpha value is -0.310. The minimum atomic E-state index is -5.48. The molecule has 10 nitrogen and oxygen atoms in total. The number of hydrogen-bond donors (Lipinski definition) is 7. The van der Waals surface area contributed by atoms with Gasteiger partial charge in [-0.15, -0.1) is 0 Å². The molecule has 17 heavy (non-hydrogen) atoms. The van der Waals surface area contributed by atoms with Gasteiger partial charge in [0.1, 0.15) is 0 Å². The number of carboxylic acids is 1. The second-order valence-electron chi connectivity index (χ2n) is 3.13. The lowest BCUT2D eigenvalue weighted by molar-refractivity contribution is -0.137. The van der Waals surface area contributed by atoms with Gasteiger partial charge in [0.05, 0.1) is 13.0 Å². The average Bonchev–Trinajstić information content (AvgIpc) is 2.07. The van der Waals surface area contributed by atoms with Crippen LogP contribution in [-0.2, 0) is 13.9 Å². The lowest BCUT2D eigenvalue weighted by Crippen LogP contribution is -2.47. The molecule has 0 heterocycles. The molecule has 0 aromatic heterocycles. The normalized spacial score (nSPS) is 13.7. The van der Waals surface area contributed by atoms with Crippen molar-refractivity contribution in [2.45, 2.75) is 11.4 Å². The summed E-state index contributed by atoms with van der Waals surface area (Å²) in [5, 5.41) is 15.5. The standard InChI is InChI=1S/C5H13NO9P2/c7-2-1-6-5(3-4(8)9,16(10,11)12)17(13,14)15/h6-7H,1-3H2,(H,8,9)(H2,10,11,12)(H2,13,14,15). The number of aliphatic hydroxyl groups excluding tert-OH is 1. The molecule has 0 aliphatic heterocycles. The van der Waals surface area contributed by atoms with Crippen molar-refractivity contribution in [3.05, 3.63) is 0 Å². The summed E-state index contributed by atoms with van der Waals surface area (Å²) in [6.45, 7) is -1.26. The first-order chi connectivity index (χ1) is 7.48. The maximum atomic E-state index is 11.1. The van der Waals surface area contributed by atoms with Crippen LogP contribution in [0.2, 0.25) is 0 Å². The van der Waals surface area contributed by atoms with Gasteiger partial charge in [-0.3, -0.25) is 19.2 Å². The summed E-state index contributed by atoms with van der Waals surface area (Å²) in [6.07, 6.45) is -1.48. The van der Waals surface area contributed by atoms with Gasteiger partial charge in [0.2, 0.25) is 5.02 Å². The molecule has 0 bridgehead atoms.